The number of ketones is 2. The van der Waals surface area contributed by atoms with Crippen LogP contribution in [0.5, 0.6) is 0 Å². The van der Waals surface area contributed by atoms with Crippen LogP contribution in [-0.4, -0.2) is 35.3 Å². The summed E-state index contributed by atoms with van der Waals surface area (Å²) in [6.45, 7) is 1.88. The monoisotopic (exact) mass is 277 g/mol. The molecular weight excluding hydrogens is 258 g/mol. The summed E-state index contributed by atoms with van der Waals surface area (Å²) >= 11 is 0. The Labute approximate surface area is 117 Å². The molecule has 0 N–H and O–H groups in total. The van der Waals surface area contributed by atoms with Gasteiger partial charge in [0, 0.05) is 19.9 Å². The zero-order valence-corrected chi connectivity index (χ0v) is 11.8. The lowest BCUT2D eigenvalue weighted by atomic mass is 9.71. The number of likely N-dealkylation sites (tertiary alicyclic amines) is 1. The molecular formula is C15H19NO4. The van der Waals surface area contributed by atoms with Gasteiger partial charge in [0.2, 0.25) is 11.8 Å². The van der Waals surface area contributed by atoms with Crippen molar-refractivity contribution < 1.29 is 19.2 Å². The van der Waals surface area contributed by atoms with Gasteiger partial charge in [-0.1, -0.05) is 6.92 Å². The Balaban J connectivity index is 1.93. The van der Waals surface area contributed by atoms with E-state index in [1.165, 1.54) is 7.05 Å². The van der Waals surface area contributed by atoms with Crippen molar-refractivity contribution in [1.82, 2.24) is 4.90 Å². The Morgan fingerprint density at radius 3 is 2.40 bits per heavy atom. The van der Waals surface area contributed by atoms with Crippen LogP contribution in [0.3, 0.4) is 0 Å². The van der Waals surface area contributed by atoms with Gasteiger partial charge in [0.15, 0.2) is 5.78 Å². The van der Waals surface area contributed by atoms with Crippen LogP contribution in [0.2, 0.25) is 0 Å². The molecule has 0 aromatic rings. The fourth-order valence-electron chi connectivity index (χ4n) is 3.93. The van der Waals surface area contributed by atoms with Crippen LogP contribution in [0.4, 0.5) is 0 Å². The summed E-state index contributed by atoms with van der Waals surface area (Å²) in [5, 5.41) is 0. The van der Waals surface area contributed by atoms with Crippen LogP contribution in [0.25, 0.3) is 0 Å². The average molecular weight is 277 g/mol. The Kier molecular flexibility index (Phi) is 2.85. The molecule has 3 fully saturated rings. The maximum atomic E-state index is 12.7. The summed E-state index contributed by atoms with van der Waals surface area (Å²) in [5.41, 5.74) is -0.964. The van der Waals surface area contributed by atoms with Gasteiger partial charge in [0.25, 0.3) is 0 Å². The highest BCUT2D eigenvalue weighted by Gasteiger charge is 2.69. The van der Waals surface area contributed by atoms with Crippen LogP contribution < -0.4 is 0 Å². The second-order valence-corrected chi connectivity index (χ2v) is 6.52. The van der Waals surface area contributed by atoms with Crippen LogP contribution in [0.15, 0.2) is 0 Å². The number of Topliss-reactive ketones (excluding diaryl/α,β-unsaturated/α-hetero) is 2. The zero-order chi connectivity index (χ0) is 14.7. The lowest BCUT2D eigenvalue weighted by molar-refractivity contribution is -0.163. The van der Waals surface area contributed by atoms with Crippen LogP contribution in [0.1, 0.15) is 39.0 Å². The predicted molar refractivity (Wildman–Crippen MR) is 69.5 cm³/mol. The molecule has 0 aromatic heterocycles. The van der Waals surface area contributed by atoms with Gasteiger partial charge >= 0.3 is 0 Å². The van der Waals surface area contributed by atoms with Crippen molar-refractivity contribution in [2.24, 2.45) is 23.2 Å². The van der Waals surface area contributed by atoms with Gasteiger partial charge in [-0.25, -0.2) is 0 Å². The average Bonchev–Trinajstić information content (AvgIpc) is 3.08. The SMILES string of the molecule is CC1C[C@]12C(=O)C(C1CCCC(=O)C1)C(=O)N(C)C2=O. The highest BCUT2D eigenvalue weighted by Crippen LogP contribution is 2.58. The molecule has 2 amide bonds. The number of nitrogens with zero attached hydrogens (tertiary/aromatic N) is 1. The largest absolute Gasteiger partial charge is 0.300 e. The first-order valence-electron chi connectivity index (χ1n) is 7.27. The maximum absolute atomic E-state index is 12.7. The number of carbonyl (C=O) groups excluding carboxylic acids is 4. The Bertz CT molecular complexity index is 526. The van der Waals surface area contributed by atoms with Gasteiger partial charge in [-0.15, -0.1) is 0 Å². The lowest BCUT2D eigenvalue weighted by Gasteiger charge is -2.37. The van der Waals surface area contributed by atoms with Crippen LogP contribution >= 0.6 is 0 Å². The molecule has 3 aliphatic rings. The molecule has 0 aromatic carbocycles. The molecule has 3 unspecified atom stereocenters. The Hall–Kier alpha value is -1.52. The second-order valence-electron chi connectivity index (χ2n) is 6.52. The van der Waals surface area contributed by atoms with E-state index in [1.54, 1.807) is 0 Å². The normalized spacial score (nSPS) is 41.5. The van der Waals surface area contributed by atoms with Gasteiger partial charge in [0.05, 0.1) is 0 Å². The standard InChI is InChI=1S/C15H19NO4/c1-8-7-15(8)12(18)11(13(19)16(2)14(15)20)9-4-3-5-10(17)6-9/h8-9,11H,3-7H2,1-2H3/t8?,9?,11?,15-/m1/s1. The summed E-state index contributed by atoms with van der Waals surface area (Å²) < 4.78 is 0. The molecule has 20 heavy (non-hydrogen) atoms. The maximum Gasteiger partial charge on any atom is 0.242 e. The first kappa shape index (κ1) is 13.5. The van der Waals surface area contributed by atoms with Crippen molar-refractivity contribution in [3.63, 3.8) is 0 Å². The van der Waals surface area contributed by atoms with E-state index in [0.29, 0.717) is 19.3 Å². The molecule has 1 spiro atoms. The summed E-state index contributed by atoms with van der Waals surface area (Å²) in [4.78, 5) is 50.0. The van der Waals surface area contributed by atoms with E-state index >= 15 is 0 Å². The van der Waals surface area contributed by atoms with Crippen molar-refractivity contribution in [3.05, 3.63) is 0 Å². The fraction of sp³-hybridized carbons (Fsp3) is 0.733. The number of rotatable bonds is 1. The van der Waals surface area contributed by atoms with Gasteiger partial charge in [-0.2, -0.15) is 0 Å². The number of amides is 2. The second kappa shape index (κ2) is 4.24. The van der Waals surface area contributed by atoms with Crippen molar-refractivity contribution in [2.45, 2.75) is 39.0 Å². The molecule has 0 radical (unpaired) electrons. The van der Waals surface area contributed by atoms with E-state index < -0.39 is 17.2 Å². The van der Waals surface area contributed by atoms with Crippen molar-refractivity contribution in [2.75, 3.05) is 7.05 Å². The summed E-state index contributed by atoms with van der Waals surface area (Å²) in [6.07, 6.45) is 2.84. The molecule has 5 nitrogen and oxygen atoms in total. The molecule has 2 saturated carbocycles. The Morgan fingerprint density at radius 1 is 1.20 bits per heavy atom. The lowest BCUT2D eigenvalue weighted by Crippen LogP contribution is -2.57. The van der Waals surface area contributed by atoms with E-state index in [4.69, 9.17) is 0 Å². The highest BCUT2D eigenvalue weighted by molar-refractivity contribution is 6.24. The van der Waals surface area contributed by atoms with E-state index in [1.807, 2.05) is 6.92 Å². The molecule has 2 aliphatic carbocycles. The van der Waals surface area contributed by atoms with E-state index in [2.05, 4.69) is 0 Å². The highest BCUT2D eigenvalue weighted by atomic mass is 16.2. The molecule has 0 bridgehead atoms. The molecule has 1 heterocycles. The van der Waals surface area contributed by atoms with Crippen molar-refractivity contribution in [3.8, 4) is 0 Å². The van der Waals surface area contributed by atoms with E-state index in [-0.39, 0.29) is 29.3 Å². The third-order valence-corrected chi connectivity index (χ3v) is 5.31. The molecule has 3 rings (SSSR count). The van der Waals surface area contributed by atoms with Gasteiger partial charge in [-0.3, -0.25) is 24.1 Å². The van der Waals surface area contributed by atoms with E-state index in [0.717, 1.165) is 17.7 Å². The topological polar surface area (TPSA) is 71.5 Å². The predicted octanol–water partition coefficient (Wildman–Crippen LogP) is 0.956. The van der Waals surface area contributed by atoms with Gasteiger partial charge in [0.1, 0.15) is 17.1 Å². The zero-order valence-electron chi connectivity index (χ0n) is 11.8. The molecule has 1 saturated heterocycles. The summed E-state index contributed by atoms with van der Waals surface area (Å²) in [5.74, 6) is -1.84. The number of piperidine rings is 1. The van der Waals surface area contributed by atoms with Crippen LogP contribution in [0, 0.1) is 23.2 Å². The molecule has 5 heteroatoms. The van der Waals surface area contributed by atoms with Crippen LogP contribution in [-0.2, 0) is 19.2 Å². The number of imide groups is 1. The molecule has 4 atom stereocenters. The summed E-state index contributed by atoms with van der Waals surface area (Å²) in [6, 6.07) is 0. The smallest absolute Gasteiger partial charge is 0.242 e. The first-order valence-corrected chi connectivity index (χ1v) is 7.27. The van der Waals surface area contributed by atoms with Gasteiger partial charge in [-0.05, 0) is 31.1 Å². The molecule has 1 aliphatic heterocycles. The third-order valence-electron chi connectivity index (χ3n) is 5.31. The minimum Gasteiger partial charge on any atom is -0.300 e. The minimum atomic E-state index is -0.964. The Morgan fingerprint density at radius 2 is 1.85 bits per heavy atom. The molecule has 108 valence electrons. The number of hydrogen-bond acceptors (Lipinski definition) is 4. The quantitative estimate of drug-likeness (QED) is 0.528. The minimum absolute atomic E-state index is 0.0137. The third kappa shape index (κ3) is 1.61. The van der Waals surface area contributed by atoms with Crippen molar-refractivity contribution in [1.29, 1.82) is 0 Å². The van der Waals surface area contributed by atoms with E-state index in [9.17, 15) is 19.2 Å². The fourth-order valence-corrected chi connectivity index (χ4v) is 3.93. The summed E-state index contributed by atoms with van der Waals surface area (Å²) in [7, 11) is 1.46. The number of hydrogen-bond donors (Lipinski definition) is 0. The van der Waals surface area contributed by atoms with Gasteiger partial charge < -0.3 is 0 Å². The number of carbonyl (C=O) groups is 4. The van der Waals surface area contributed by atoms with Crippen molar-refractivity contribution >= 4 is 23.4 Å². The first-order chi connectivity index (χ1) is 9.39.